The summed E-state index contributed by atoms with van der Waals surface area (Å²) in [4.78, 5) is 25.8. The minimum atomic E-state index is -3.72. The number of benzene rings is 2. The summed E-state index contributed by atoms with van der Waals surface area (Å²) in [6.45, 7) is 5.99. The molecule has 0 radical (unpaired) electrons. The van der Waals surface area contributed by atoms with Crippen molar-refractivity contribution in [2.24, 2.45) is 0 Å². The summed E-state index contributed by atoms with van der Waals surface area (Å²) in [5.41, 5.74) is 0.960. The number of carbonyl (C=O) groups excluding carboxylic acids is 1. The van der Waals surface area contributed by atoms with Gasteiger partial charge in [-0.3, -0.25) is 14.9 Å². The number of hydrogen-bond acceptors (Lipinski definition) is 7. The third-order valence-electron chi connectivity index (χ3n) is 5.50. The molecule has 1 saturated heterocycles. The first-order valence-electron chi connectivity index (χ1n) is 10.5. The molecule has 1 amide bonds. The standard InChI is InChI=1S/C22H27N3O7S/c1-5-32-20-13-17(18(25(27)28)14-19(20)31-4)22(26)23-8-10-24(11-9-23)33(29,30)21-12-15(2)6-7-16(21)3/h6-7,12-14H,5,8-11H2,1-4H3. The summed E-state index contributed by atoms with van der Waals surface area (Å²) < 4.78 is 38.2. The van der Waals surface area contributed by atoms with E-state index >= 15 is 0 Å². The quantitative estimate of drug-likeness (QED) is 0.444. The fraction of sp³-hybridized carbons (Fsp3) is 0.409. The smallest absolute Gasteiger partial charge is 0.286 e. The molecule has 1 fully saturated rings. The Hall–Kier alpha value is -3.18. The van der Waals surface area contributed by atoms with Gasteiger partial charge in [0.2, 0.25) is 10.0 Å². The summed E-state index contributed by atoms with van der Waals surface area (Å²) in [6, 6.07) is 7.73. The van der Waals surface area contributed by atoms with E-state index in [2.05, 4.69) is 0 Å². The second-order valence-electron chi connectivity index (χ2n) is 7.68. The number of methoxy groups -OCH3 is 1. The van der Waals surface area contributed by atoms with Gasteiger partial charge in [-0.2, -0.15) is 4.31 Å². The molecule has 1 aliphatic heterocycles. The monoisotopic (exact) mass is 477 g/mol. The van der Waals surface area contributed by atoms with E-state index in [1.165, 1.54) is 28.4 Å². The van der Waals surface area contributed by atoms with E-state index < -0.39 is 26.5 Å². The van der Waals surface area contributed by atoms with Gasteiger partial charge >= 0.3 is 0 Å². The van der Waals surface area contributed by atoms with Crippen LogP contribution in [0.3, 0.4) is 0 Å². The number of piperazine rings is 1. The average molecular weight is 478 g/mol. The lowest BCUT2D eigenvalue weighted by Crippen LogP contribution is -2.50. The number of carbonyl (C=O) groups is 1. The Labute approximate surface area is 192 Å². The Kier molecular flexibility index (Phi) is 7.23. The zero-order valence-electron chi connectivity index (χ0n) is 19.0. The highest BCUT2D eigenvalue weighted by atomic mass is 32.2. The molecular weight excluding hydrogens is 450 g/mol. The molecule has 0 unspecified atom stereocenters. The Morgan fingerprint density at radius 3 is 2.33 bits per heavy atom. The van der Waals surface area contributed by atoms with E-state index in [0.29, 0.717) is 5.56 Å². The molecule has 0 spiro atoms. The lowest BCUT2D eigenvalue weighted by molar-refractivity contribution is -0.385. The molecule has 0 aliphatic carbocycles. The van der Waals surface area contributed by atoms with Gasteiger partial charge in [0.1, 0.15) is 5.56 Å². The van der Waals surface area contributed by atoms with Gasteiger partial charge in [-0.25, -0.2) is 8.42 Å². The lowest BCUT2D eigenvalue weighted by atomic mass is 10.1. The second-order valence-corrected chi connectivity index (χ2v) is 9.58. The number of nitro groups is 1. The molecule has 33 heavy (non-hydrogen) atoms. The zero-order chi connectivity index (χ0) is 24.3. The van der Waals surface area contributed by atoms with Crippen molar-refractivity contribution in [2.75, 3.05) is 39.9 Å². The Bertz CT molecular complexity index is 1170. The van der Waals surface area contributed by atoms with Gasteiger partial charge in [-0.1, -0.05) is 12.1 Å². The molecule has 0 bridgehead atoms. The maximum Gasteiger partial charge on any atom is 0.286 e. The van der Waals surface area contributed by atoms with Crippen LogP contribution < -0.4 is 9.47 Å². The fourth-order valence-corrected chi connectivity index (χ4v) is 5.46. The molecule has 11 heteroatoms. The van der Waals surface area contributed by atoms with Crippen LogP contribution in [0, 0.1) is 24.0 Å². The Morgan fingerprint density at radius 2 is 1.76 bits per heavy atom. The highest BCUT2D eigenvalue weighted by Gasteiger charge is 2.34. The van der Waals surface area contributed by atoms with E-state index in [-0.39, 0.29) is 54.7 Å². The van der Waals surface area contributed by atoms with Crippen LogP contribution in [0.5, 0.6) is 11.5 Å². The summed E-state index contributed by atoms with van der Waals surface area (Å²) in [6.07, 6.45) is 0. The van der Waals surface area contributed by atoms with Crippen molar-refractivity contribution in [3.8, 4) is 11.5 Å². The third-order valence-corrected chi connectivity index (χ3v) is 7.54. The predicted molar refractivity (Wildman–Crippen MR) is 121 cm³/mol. The zero-order valence-corrected chi connectivity index (χ0v) is 19.8. The number of ether oxygens (including phenoxy) is 2. The number of amides is 1. The first-order chi connectivity index (χ1) is 15.6. The van der Waals surface area contributed by atoms with E-state index in [4.69, 9.17) is 9.47 Å². The second kappa shape index (κ2) is 9.75. The Balaban J connectivity index is 1.84. The van der Waals surface area contributed by atoms with Crippen LogP contribution in [0.25, 0.3) is 0 Å². The maximum absolute atomic E-state index is 13.2. The van der Waals surface area contributed by atoms with Crippen molar-refractivity contribution < 1.29 is 27.6 Å². The van der Waals surface area contributed by atoms with Crippen molar-refractivity contribution in [2.45, 2.75) is 25.7 Å². The van der Waals surface area contributed by atoms with E-state index in [1.54, 1.807) is 26.0 Å². The van der Waals surface area contributed by atoms with E-state index in [9.17, 15) is 23.3 Å². The summed E-state index contributed by atoms with van der Waals surface area (Å²) in [7, 11) is -2.36. The first-order valence-corrected chi connectivity index (χ1v) is 11.9. The number of nitro benzene ring substituents is 1. The van der Waals surface area contributed by atoms with Crippen LogP contribution in [0.2, 0.25) is 0 Å². The summed E-state index contributed by atoms with van der Waals surface area (Å²) >= 11 is 0. The first kappa shape index (κ1) is 24.5. The molecule has 0 aromatic heterocycles. The van der Waals surface area contributed by atoms with Crippen molar-refractivity contribution in [3.05, 3.63) is 57.1 Å². The van der Waals surface area contributed by atoms with Crippen molar-refractivity contribution in [3.63, 3.8) is 0 Å². The van der Waals surface area contributed by atoms with E-state index in [1.807, 2.05) is 13.0 Å². The number of hydrogen-bond donors (Lipinski definition) is 0. The number of sulfonamides is 1. The maximum atomic E-state index is 13.2. The van der Waals surface area contributed by atoms with Gasteiger partial charge in [-0.05, 0) is 38.0 Å². The molecule has 3 rings (SSSR count). The average Bonchev–Trinajstić information content (AvgIpc) is 2.80. The highest BCUT2D eigenvalue weighted by Crippen LogP contribution is 2.35. The van der Waals surface area contributed by atoms with Crippen molar-refractivity contribution >= 4 is 21.6 Å². The molecule has 2 aromatic carbocycles. The van der Waals surface area contributed by atoms with Crippen LogP contribution in [0.1, 0.15) is 28.4 Å². The highest BCUT2D eigenvalue weighted by molar-refractivity contribution is 7.89. The number of aryl methyl sites for hydroxylation is 2. The van der Waals surface area contributed by atoms with Crippen molar-refractivity contribution in [1.29, 1.82) is 0 Å². The van der Waals surface area contributed by atoms with Crippen LogP contribution in [0.4, 0.5) is 5.69 Å². The third kappa shape index (κ3) is 4.93. The van der Waals surface area contributed by atoms with Gasteiger partial charge in [0, 0.05) is 32.2 Å². The van der Waals surface area contributed by atoms with Gasteiger partial charge in [0.15, 0.2) is 11.5 Å². The number of rotatable bonds is 7. The van der Waals surface area contributed by atoms with Gasteiger partial charge in [0.05, 0.1) is 29.6 Å². The molecule has 178 valence electrons. The largest absolute Gasteiger partial charge is 0.493 e. The predicted octanol–water partition coefficient (Wildman–Crippen LogP) is 2.77. The molecule has 0 saturated carbocycles. The van der Waals surface area contributed by atoms with E-state index in [0.717, 1.165) is 5.56 Å². The fourth-order valence-electron chi connectivity index (χ4n) is 3.73. The molecule has 10 nitrogen and oxygen atoms in total. The minimum absolute atomic E-state index is 0.0870. The van der Waals surface area contributed by atoms with Gasteiger partial charge < -0.3 is 14.4 Å². The summed E-state index contributed by atoms with van der Waals surface area (Å²) in [5, 5.41) is 11.6. The minimum Gasteiger partial charge on any atom is -0.493 e. The normalized spacial score (nSPS) is 14.7. The number of nitrogens with zero attached hydrogens (tertiary/aromatic N) is 3. The summed E-state index contributed by atoms with van der Waals surface area (Å²) in [5.74, 6) is -0.177. The van der Waals surface area contributed by atoms with Crippen LogP contribution in [-0.4, -0.2) is 68.3 Å². The van der Waals surface area contributed by atoms with Crippen LogP contribution >= 0.6 is 0 Å². The van der Waals surface area contributed by atoms with Gasteiger partial charge in [0.25, 0.3) is 11.6 Å². The lowest BCUT2D eigenvalue weighted by Gasteiger charge is -2.34. The molecule has 0 N–H and O–H groups in total. The topological polar surface area (TPSA) is 119 Å². The van der Waals surface area contributed by atoms with Crippen LogP contribution in [-0.2, 0) is 10.0 Å². The molecule has 1 aliphatic rings. The molecule has 2 aromatic rings. The van der Waals surface area contributed by atoms with Gasteiger partial charge in [-0.15, -0.1) is 0 Å². The molecule has 0 atom stereocenters. The Morgan fingerprint density at radius 1 is 1.09 bits per heavy atom. The molecule has 1 heterocycles. The van der Waals surface area contributed by atoms with Crippen LogP contribution in [0.15, 0.2) is 35.2 Å². The van der Waals surface area contributed by atoms with Crippen molar-refractivity contribution in [1.82, 2.24) is 9.21 Å². The molecular formula is C22H27N3O7S. The SMILES string of the molecule is CCOc1cc(C(=O)N2CCN(S(=O)(=O)c3cc(C)ccc3C)CC2)c([N+](=O)[O-])cc1OC.